The number of rotatable bonds is 3. The second kappa shape index (κ2) is 4.68. The van der Waals surface area contributed by atoms with E-state index in [4.69, 9.17) is 11.1 Å². The van der Waals surface area contributed by atoms with Crippen LogP contribution in [0.5, 0.6) is 0 Å². The van der Waals surface area contributed by atoms with Crippen LogP contribution in [0.1, 0.15) is 11.1 Å². The molecule has 2 N–H and O–H groups in total. The van der Waals surface area contributed by atoms with Crippen LogP contribution in [-0.2, 0) is 5.75 Å². The molecular weight excluding hydrogens is 222 g/mol. The van der Waals surface area contributed by atoms with Crippen molar-refractivity contribution < 1.29 is 0 Å². The highest BCUT2D eigenvalue weighted by Gasteiger charge is 2.05. The van der Waals surface area contributed by atoms with E-state index in [-0.39, 0.29) is 0 Å². The number of benzene rings is 1. The van der Waals surface area contributed by atoms with Gasteiger partial charge in [0.1, 0.15) is 6.33 Å². The van der Waals surface area contributed by atoms with Crippen molar-refractivity contribution in [2.24, 2.45) is 0 Å². The van der Waals surface area contributed by atoms with Gasteiger partial charge in [-0.2, -0.15) is 5.26 Å². The second-order valence-electron chi connectivity index (χ2n) is 3.08. The van der Waals surface area contributed by atoms with Gasteiger partial charge in [0.2, 0.25) is 5.16 Å². The molecule has 80 valence electrons. The fourth-order valence-corrected chi connectivity index (χ4v) is 2.07. The highest BCUT2D eigenvalue weighted by molar-refractivity contribution is 7.98. The molecule has 0 bridgehead atoms. The molecule has 0 atom stereocenters. The molecule has 0 spiro atoms. The van der Waals surface area contributed by atoms with Crippen molar-refractivity contribution in [3.63, 3.8) is 0 Å². The Kier molecular flexibility index (Phi) is 3.08. The second-order valence-corrected chi connectivity index (χ2v) is 4.02. The van der Waals surface area contributed by atoms with E-state index >= 15 is 0 Å². The maximum absolute atomic E-state index is 8.91. The molecule has 1 aromatic heterocycles. The van der Waals surface area contributed by atoms with Gasteiger partial charge in [-0.3, -0.25) is 0 Å². The number of hydrogen-bond donors (Lipinski definition) is 1. The van der Waals surface area contributed by atoms with Crippen LogP contribution in [0.4, 0.5) is 0 Å². The van der Waals surface area contributed by atoms with E-state index in [0.717, 1.165) is 5.56 Å². The first-order valence-corrected chi connectivity index (χ1v) is 5.55. The lowest BCUT2D eigenvalue weighted by Gasteiger charge is -2.02. The van der Waals surface area contributed by atoms with Crippen molar-refractivity contribution in [3.05, 3.63) is 41.7 Å². The first kappa shape index (κ1) is 10.5. The number of hydrogen-bond acceptors (Lipinski definition) is 5. The van der Waals surface area contributed by atoms with Crippen molar-refractivity contribution in [2.45, 2.75) is 10.9 Å². The van der Waals surface area contributed by atoms with E-state index in [9.17, 15) is 0 Å². The van der Waals surface area contributed by atoms with Gasteiger partial charge in [-0.05, 0) is 11.6 Å². The van der Waals surface area contributed by atoms with Crippen LogP contribution in [-0.4, -0.2) is 14.9 Å². The maximum atomic E-state index is 8.91. The average Bonchev–Trinajstić information content (AvgIpc) is 2.72. The summed E-state index contributed by atoms with van der Waals surface area (Å²) < 4.78 is 1.36. The molecular formula is C10H9N5S. The molecule has 6 heteroatoms. The van der Waals surface area contributed by atoms with Gasteiger partial charge in [0.15, 0.2) is 0 Å². The van der Waals surface area contributed by atoms with Gasteiger partial charge < -0.3 is 5.84 Å². The molecule has 0 amide bonds. The van der Waals surface area contributed by atoms with E-state index in [0.29, 0.717) is 16.5 Å². The number of nitrogen functional groups attached to an aromatic ring is 1. The highest BCUT2D eigenvalue weighted by atomic mass is 32.2. The summed E-state index contributed by atoms with van der Waals surface area (Å²) in [6.07, 6.45) is 1.44. The third-order valence-corrected chi connectivity index (χ3v) is 3.04. The van der Waals surface area contributed by atoms with Gasteiger partial charge in [-0.1, -0.05) is 30.0 Å². The average molecular weight is 231 g/mol. The molecule has 16 heavy (non-hydrogen) atoms. The van der Waals surface area contributed by atoms with Crippen LogP contribution in [0.15, 0.2) is 35.7 Å². The molecule has 0 fully saturated rings. The molecule has 0 aliphatic carbocycles. The van der Waals surface area contributed by atoms with Gasteiger partial charge in [0.25, 0.3) is 0 Å². The molecule has 0 saturated carbocycles. The van der Waals surface area contributed by atoms with Gasteiger partial charge in [-0.15, -0.1) is 10.2 Å². The summed E-state index contributed by atoms with van der Waals surface area (Å²) in [5, 5.41) is 17.1. The Morgan fingerprint density at radius 3 is 2.94 bits per heavy atom. The zero-order chi connectivity index (χ0) is 11.4. The summed E-state index contributed by atoms with van der Waals surface area (Å²) in [5.74, 6) is 6.23. The minimum absolute atomic E-state index is 0.632. The predicted octanol–water partition coefficient (Wildman–Crippen LogP) is 1.16. The van der Waals surface area contributed by atoms with Crippen LogP contribution in [0.2, 0.25) is 0 Å². The lowest BCUT2D eigenvalue weighted by molar-refractivity contribution is 0.846. The number of thioether (sulfide) groups is 1. The summed E-state index contributed by atoms with van der Waals surface area (Å²) in [6, 6.07) is 9.62. The molecule has 1 heterocycles. The smallest absolute Gasteiger partial charge is 0.209 e. The third-order valence-electron chi connectivity index (χ3n) is 2.03. The van der Waals surface area contributed by atoms with Crippen LogP contribution < -0.4 is 5.84 Å². The summed E-state index contributed by atoms with van der Waals surface area (Å²) in [4.78, 5) is 0. The van der Waals surface area contributed by atoms with Gasteiger partial charge >= 0.3 is 0 Å². The standard InChI is InChI=1S/C10H9N5S/c11-5-8-3-1-2-4-9(8)6-16-10-14-13-7-15(10)12/h1-4,7H,6,12H2. The lowest BCUT2D eigenvalue weighted by Crippen LogP contribution is -2.07. The third kappa shape index (κ3) is 2.15. The normalized spacial score (nSPS) is 9.94. The van der Waals surface area contributed by atoms with Crippen molar-refractivity contribution in [1.82, 2.24) is 14.9 Å². The summed E-state index contributed by atoms with van der Waals surface area (Å²) >= 11 is 1.45. The molecule has 0 aliphatic heterocycles. The van der Waals surface area contributed by atoms with E-state index in [1.807, 2.05) is 18.2 Å². The molecule has 2 aromatic rings. The van der Waals surface area contributed by atoms with Crippen molar-refractivity contribution in [1.29, 1.82) is 5.26 Å². The Bertz CT molecular complexity index is 528. The lowest BCUT2D eigenvalue weighted by atomic mass is 10.1. The Morgan fingerprint density at radius 1 is 1.44 bits per heavy atom. The fourth-order valence-electron chi connectivity index (χ4n) is 1.23. The number of nitrogens with zero attached hydrogens (tertiary/aromatic N) is 4. The zero-order valence-electron chi connectivity index (χ0n) is 8.37. The van der Waals surface area contributed by atoms with Crippen LogP contribution in [0.25, 0.3) is 0 Å². The van der Waals surface area contributed by atoms with Crippen LogP contribution >= 0.6 is 11.8 Å². The van der Waals surface area contributed by atoms with E-state index in [2.05, 4.69) is 16.3 Å². The van der Waals surface area contributed by atoms with Crippen LogP contribution in [0.3, 0.4) is 0 Å². The molecule has 0 aliphatic rings. The fraction of sp³-hybridized carbons (Fsp3) is 0.100. The largest absolute Gasteiger partial charge is 0.336 e. The first-order chi connectivity index (χ1) is 7.81. The predicted molar refractivity (Wildman–Crippen MR) is 60.9 cm³/mol. The highest BCUT2D eigenvalue weighted by Crippen LogP contribution is 2.21. The van der Waals surface area contributed by atoms with E-state index in [1.165, 1.54) is 22.8 Å². The summed E-state index contributed by atoms with van der Waals surface area (Å²) in [7, 11) is 0. The molecule has 1 aromatic carbocycles. The Labute approximate surface area is 96.9 Å². The summed E-state index contributed by atoms with van der Waals surface area (Å²) in [6.45, 7) is 0. The molecule has 0 saturated heterocycles. The number of nitrogens with two attached hydrogens (primary N) is 1. The Balaban J connectivity index is 2.11. The minimum Gasteiger partial charge on any atom is -0.336 e. The van der Waals surface area contributed by atoms with Crippen molar-refractivity contribution in [3.8, 4) is 6.07 Å². The molecule has 2 rings (SSSR count). The molecule has 5 nitrogen and oxygen atoms in total. The monoisotopic (exact) mass is 231 g/mol. The SMILES string of the molecule is N#Cc1ccccc1CSc1nncn1N. The number of aromatic nitrogens is 3. The molecule has 0 unspecified atom stereocenters. The minimum atomic E-state index is 0.632. The van der Waals surface area contributed by atoms with Gasteiger partial charge in [-0.25, -0.2) is 4.68 Å². The maximum Gasteiger partial charge on any atom is 0.209 e. The summed E-state index contributed by atoms with van der Waals surface area (Å²) in [5.41, 5.74) is 1.65. The van der Waals surface area contributed by atoms with Crippen molar-refractivity contribution in [2.75, 3.05) is 5.84 Å². The Morgan fingerprint density at radius 2 is 2.25 bits per heavy atom. The quantitative estimate of drug-likeness (QED) is 0.633. The Hall–Kier alpha value is -2.00. The molecule has 0 radical (unpaired) electrons. The zero-order valence-corrected chi connectivity index (χ0v) is 9.18. The number of nitriles is 1. The first-order valence-electron chi connectivity index (χ1n) is 4.57. The topological polar surface area (TPSA) is 80.5 Å². The van der Waals surface area contributed by atoms with Gasteiger partial charge in [0, 0.05) is 5.75 Å². The van der Waals surface area contributed by atoms with Crippen LogP contribution in [0, 0.1) is 11.3 Å². The van der Waals surface area contributed by atoms with Crippen molar-refractivity contribution >= 4 is 11.8 Å². The van der Waals surface area contributed by atoms with Gasteiger partial charge in [0.05, 0.1) is 11.6 Å². The van der Waals surface area contributed by atoms with E-state index < -0.39 is 0 Å². The van der Waals surface area contributed by atoms with E-state index in [1.54, 1.807) is 6.07 Å².